The van der Waals surface area contributed by atoms with Crippen LogP contribution in [0.5, 0.6) is 5.75 Å². The lowest BCUT2D eigenvalue weighted by Gasteiger charge is -2.31. The van der Waals surface area contributed by atoms with Crippen LogP contribution >= 0.6 is 28.3 Å². The van der Waals surface area contributed by atoms with Crippen molar-refractivity contribution in [3.63, 3.8) is 0 Å². The standard InChI is InChI=1S/C11H13BrFNO.ClH/c12-7-4-8(11(15)9(13)5-7)10(14)6-2-1-3-6;/h4-6,10,15H,1-3,14H2;1H/t10-;/m0./s1. The van der Waals surface area contributed by atoms with Crippen LogP contribution in [-0.4, -0.2) is 5.11 Å². The minimum Gasteiger partial charge on any atom is -0.505 e. The summed E-state index contributed by atoms with van der Waals surface area (Å²) in [6, 6.07) is 2.68. The molecule has 0 bridgehead atoms. The first kappa shape index (κ1) is 13.7. The maximum Gasteiger partial charge on any atom is 0.166 e. The van der Waals surface area contributed by atoms with Crippen LogP contribution in [0.4, 0.5) is 4.39 Å². The van der Waals surface area contributed by atoms with Crippen molar-refractivity contribution < 1.29 is 9.50 Å². The third-order valence-electron chi connectivity index (χ3n) is 3.07. The summed E-state index contributed by atoms with van der Waals surface area (Å²) < 4.78 is 13.9. The molecule has 0 aliphatic heterocycles. The van der Waals surface area contributed by atoms with Gasteiger partial charge in [0.25, 0.3) is 0 Å². The van der Waals surface area contributed by atoms with Crippen LogP contribution < -0.4 is 5.73 Å². The first-order valence-corrected chi connectivity index (χ1v) is 5.82. The van der Waals surface area contributed by atoms with Gasteiger partial charge in [-0.15, -0.1) is 12.4 Å². The predicted molar refractivity (Wildman–Crippen MR) is 67.3 cm³/mol. The van der Waals surface area contributed by atoms with E-state index in [4.69, 9.17) is 5.73 Å². The lowest BCUT2D eigenvalue weighted by Crippen LogP contribution is -2.27. The van der Waals surface area contributed by atoms with Gasteiger partial charge in [-0.3, -0.25) is 0 Å². The van der Waals surface area contributed by atoms with E-state index >= 15 is 0 Å². The predicted octanol–water partition coefficient (Wildman–Crippen LogP) is 3.52. The van der Waals surface area contributed by atoms with Gasteiger partial charge in [0.2, 0.25) is 0 Å². The number of phenols is 1. The van der Waals surface area contributed by atoms with Crippen molar-refractivity contribution in [3.05, 3.63) is 28.0 Å². The van der Waals surface area contributed by atoms with Crippen molar-refractivity contribution in [2.45, 2.75) is 25.3 Å². The number of benzene rings is 1. The van der Waals surface area contributed by atoms with E-state index in [0.717, 1.165) is 12.8 Å². The highest BCUT2D eigenvalue weighted by molar-refractivity contribution is 9.10. The van der Waals surface area contributed by atoms with Crippen molar-refractivity contribution in [3.8, 4) is 5.75 Å². The van der Waals surface area contributed by atoms with E-state index in [1.165, 1.54) is 12.5 Å². The van der Waals surface area contributed by atoms with Gasteiger partial charge in [0, 0.05) is 16.1 Å². The van der Waals surface area contributed by atoms with Crippen molar-refractivity contribution in [2.75, 3.05) is 0 Å². The van der Waals surface area contributed by atoms with Gasteiger partial charge in [-0.1, -0.05) is 22.4 Å². The normalized spacial score (nSPS) is 17.4. The number of phenolic OH excluding ortho intramolecular Hbond substituents is 1. The Morgan fingerprint density at radius 2 is 2.06 bits per heavy atom. The Labute approximate surface area is 109 Å². The van der Waals surface area contributed by atoms with Crippen LogP contribution in [0.25, 0.3) is 0 Å². The molecule has 90 valence electrons. The van der Waals surface area contributed by atoms with E-state index in [1.807, 2.05) is 0 Å². The molecule has 5 heteroatoms. The van der Waals surface area contributed by atoms with E-state index in [9.17, 15) is 9.50 Å². The molecule has 1 aliphatic carbocycles. The second-order valence-electron chi connectivity index (χ2n) is 4.04. The molecule has 1 atom stereocenters. The van der Waals surface area contributed by atoms with E-state index < -0.39 is 5.82 Å². The molecule has 1 fully saturated rings. The zero-order valence-corrected chi connectivity index (χ0v) is 11.0. The molecule has 0 saturated heterocycles. The maximum absolute atomic E-state index is 13.3. The fourth-order valence-electron chi connectivity index (χ4n) is 1.89. The zero-order chi connectivity index (χ0) is 11.0. The van der Waals surface area contributed by atoms with Crippen molar-refractivity contribution >= 4 is 28.3 Å². The summed E-state index contributed by atoms with van der Waals surface area (Å²) in [5.41, 5.74) is 6.50. The van der Waals surface area contributed by atoms with Crippen LogP contribution in [0, 0.1) is 11.7 Å². The molecular formula is C11H14BrClFNO. The van der Waals surface area contributed by atoms with E-state index in [0.29, 0.717) is 16.0 Å². The number of nitrogens with two attached hydrogens (primary N) is 1. The number of rotatable bonds is 2. The van der Waals surface area contributed by atoms with Gasteiger partial charge < -0.3 is 10.8 Å². The number of hydrogen-bond donors (Lipinski definition) is 2. The summed E-state index contributed by atoms with van der Waals surface area (Å²) in [7, 11) is 0. The summed E-state index contributed by atoms with van der Waals surface area (Å²) >= 11 is 3.20. The van der Waals surface area contributed by atoms with Gasteiger partial charge in [0.15, 0.2) is 11.6 Å². The van der Waals surface area contributed by atoms with Crippen LogP contribution in [0.3, 0.4) is 0 Å². The van der Waals surface area contributed by atoms with Crippen molar-refractivity contribution in [2.24, 2.45) is 11.7 Å². The minimum absolute atomic E-state index is 0. The molecule has 2 rings (SSSR count). The molecule has 3 N–H and O–H groups in total. The molecule has 0 radical (unpaired) electrons. The Kier molecular flexibility index (Phi) is 4.59. The lowest BCUT2D eigenvalue weighted by molar-refractivity contribution is 0.259. The molecule has 0 spiro atoms. The molecule has 0 heterocycles. The zero-order valence-electron chi connectivity index (χ0n) is 8.62. The fourth-order valence-corrected chi connectivity index (χ4v) is 2.34. The molecule has 0 amide bonds. The first-order chi connectivity index (χ1) is 7.09. The lowest BCUT2D eigenvalue weighted by atomic mass is 9.77. The first-order valence-electron chi connectivity index (χ1n) is 5.03. The molecule has 0 unspecified atom stereocenters. The monoisotopic (exact) mass is 309 g/mol. The van der Waals surface area contributed by atoms with E-state index in [-0.39, 0.29) is 24.2 Å². The third-order valence-corrected chi connectivity index (χ3v) is 3.53. The average Bonchev–Trinajstić information content (AvgIpc) is 2.08. The largest absolute Gasteiger partial charge is 0.505 e. The summed E-state index contributed by atoms with van der Waals surface area (Å²) in [6.45, 7) is 0. The Morgan fingerprint density at radius 3 is 2.56 bits per heavy atom. The van der Waals surface area contributed by atoms with Crippen LogP contribution in [0.15, 0.2) is 16.6 Å². The van der Waals surface area contributed by atoms with E-state index in [2.05, 4.69) is 15.9 Å². The maximum atomic E-state index is 13.3. The van der Waals surface area contributed by atoms with Gasteiger partial charge >= 0.3 is 0 Å². The molecule has 1 aliphatic rings. The quantitative estimate of drug-likeness (QED) is 0.878. The van der Waals surface area contributed by atoms with E-state index in [1.54, 1.807) is 6.07 Å². The van der Waals surface area contributed by atoms with Gasteiger partial charge in [-0.25, -0.2) is 4.39 Å². The smallest absolute Gasteiger partial charge is 0.166 e. The van der Waals surface area contributed by atoms with Crippen molar-refractivity contribution in [1.82, 2.24) is 0 Å². The second kappa shape index (κ2) is 5.34. The third kappa shape index (κ3) is 2.50. The Balaban J connectivity index is 0.00000128. The van der Waals surface area contributed by atoms with Gasteiger partial charge in [0.05, 0.1) is 0 Å². The SMILES string of the molecule is Cl.N[C@H](c1cc(Br)cc(F)c1O)C1CCC1. The number of halogens is 3. The summed E-state index contributed by atoms with van der Waals surface area (Å²) in [5.74, 6) is -0.545. The number of aromatic hydroxyl groups is 1. The molecule has 1 aromatic carbocycles. The van der Waals surface area contributed by atoms with Gasteiger partial charge in [-0.05, 0) is 30.9 Å². The second-order valence-corrected chi connectivity index (χ2v) is 4.96. The van der Waals surface area contributed by atoms with Crippen LogP contribution in [-0.2, 0) is 0 Å². The molecule has 1 saturated carbocycles. The molecular weight excluding hydrogens is 296 g/mol. The van der Waals surface area contributed by atoms with Gasteiger partial charge in [-0.2, -0.15) is 0 Å². The minimum atomic E-state index is -0.617. The highest BCUT2D eigenvalue weighted by Gasteiger charge is 2.28. The number of hydrogen-bond acceptors (Lipinski definition) is 2. The Bertz CT molecular complexity index is 384. The Morgan fingerprint density at radius 1 is 1.44 bits per heavy atom. The fraction of sp³-hybridized carbons (Fsp3) is 0.455. The molecule has 0 aromatic heterocycles. The molecule has 2 nitrogen and oxygen atoms in total. The molecule has 16 heavy (non-hydrogen) atoms. The van der Waals surface area contributed by atoms with Gasteiger partial charge in [0.1, 0.15) is 0 Å². The highest BCUT2D eigenvalue weighted by atomic mass is 79.9. The van der Waals surface area contributed by atoms with Crippen LogP contribution in [0.2, 0.25) is 0 Å². The summed E-state index contributed by atoms with van der Waals surface area (Å²) in [6.07, 6.45) is 3.30. The Hall–Kier alpha value is -0.320. The highest BCUT2D eigenvalue weighted by Crippen LogP contribution is 2.40. The summed E-state index contributed by atoms with van der Waals surface area (Å²) in [4.78, 5) is 0. The van der Waals surface area contributed by atoms with Crippen LogP contribution in [0.1, 0.15) is 30.9 Å². The molecule has 1 aromatic rings. The average molecular weight is 311 g/mol. The summed E-state index contributed by atoms with van der Waals surface area (Å²) in [5, 5.41) is 9.59. The topological polar surface area (TPSA) is 46.2 Å². The van der Waals surface area contributed by atoms with Crippen molar-refractivity contribution in [1.29, 1.82) is 0 Å².